The minimum absolute atomic E-state index is 0.169. The maximum Gasteiger partial charge on any atom is 0.204 e. The van der Waals surface area contributed by atoms with Gasteiger partial charge >= 0.3 is 0 Å². The zero-order valence-electron chi connectivity index (χ0n) is 19.0. The first-order valence-electron chi connectivity index (χ1n) is 10.5. The van der Waals surface area contributed by atoms with E-state index in [1.165, 1.54) is 12.8 Å². The molecule has 0 fully saturated rings. The van der Waals surface area contributed by atoms with Crippen molar-refractivity contribution in [3.05, 3.63) is 41.5 Å². The number of unbranched alkanes of at least 4 members (excludes halogenated alkanes) is 3. The molecule has 164 valence electrons. The van der Waals surface area contributed by atoms with Gasteiger partial charge in [0.05, 0.1) is 20.8 Å². The van der Waals surface area contributed by atoms with Crippen molar-refractivity contribution in [1.82, 2.24) is 0 Å². The summed E-state index contributed by atoms with van der Waals surface area (Å²) in [6.45, 7) is 9.07. The second-order valence-electron chi connectivity index (χ2n) is 8.29. The largest absolute Gasteiger partial charge is 0.497 e. The van der Waals surface area contributed by atoms with E-state index >= 15 is 0 Å². The summed E-state index contributed by atoms with van der Waals surface area (Å²) < 4.78 is 23.3. The molecule has 2 aromatic rings. The monoisotopic (exact) mass is 414 g/mol. The summed E-state index contributed by atoms with van der Waals surface area (Å²) in [5.74, 6) is 2.90. The zero-order chi connectivity index (χ0) is 22.1. The summed E-state index contributed by atoms with van der Waals surface area (Å²) in [7, 11) is 3.21. The number of rotatable bonds is 11. The molecule has 0 N–H and O–H groups in total. The second-order valence-corrected chi connectivity index (χ2v) is 8.29. The van der Waals surface area contributed by atoms with Crippen LogP contribution in [0.5, 0.6) is 28.7 Å². The van der Waals surface area contributed by atoms with Gasteiger partial charge in [-0.25, -0.2) is 0 Å². The minimum atomic E-state index is -0.169. The molecule has 30 heavy (non-hydrogen) atoms. The number of methoxy groups -OCH3 is 2. The lowest BCUT2D eigenvalue weighted by atomic mass is 9.86. The Kier molecular flexibility index (Phi) is 8.58. The van der Waals surface area contributed by atoms with Crippen molar-refractivity contribution in [2.24, 2.45) is 0 Å². The highest BCUT2D eigenvalue weighted by molar-refractivity contribution is 5.78. The number of ether oxygens (including phenoxy) is 4. The van der Waals surface area contributed by atoms with Gasteiger partial charge in [0.25, 0.3) is 0 Å². The number of carbonyl (C=O) groups is 1. The molecule has 0 unspecified atom stereocenters. The normalized spacial score (nSPS) is 11.1. The Hall–Kier alpha value is -2.69. The Morgan fingerprint density at radius 3 is 2.23 bits per heavy atom. The van der Waals surface area contributed by atoms with Crippen LogP contribution in [0.3, 0.4) is 0 Å². The molecule has 0 aliphatic rings. The van der Waals surface area contributed by atoms with Crippen LogP contribution in [0.25, 0.3) is 0 Å². The van der Waals surface area contributed by atoms with Gasteiger partial charge in [0.2, 0.25) is 5.75 Å². The molecule has 0 atom stereocenters. The molecule has 0 aromatic heterocycles. The van der Waals surface area contributed by atoms with E-state index in [2.05, 4.69) is 27.7 Å². The summed E-state index contributed by atoms with van der Waals surface area (Å²) in [4.78, 5) is 11.5. The fourth-order valence-electron chi connectivity index (χ4n) is 3.17. The van der Waals surface area contributed by atoms with E-state index in [0.29, 0.717) is 35.2 Å². The molecular weight excluding hydrogens is 380 g/mol. The average Bonchev–Trinajstić information content (AvgIpc) is 2.73. The van der Waals surface area contributed by atoms with Gasteiger partial charge in [0.1, 0.15) is 17.8 Å². The molecule has 5 heteroatoms. The van der Waals surface area contributed by atoms with Gasteiger partial charge in [-0.05, 0) is 42.2 Å². The van der Waals surface area contributed by atoms with Gasteiger partial charge in [-0.1, -0.05) is 47.0 Å². The Balaban J connectivity index is 2.43. The SMILES string of the molecule is CCCCCCOc1c(OC)cc(C=O)cc1Oc1ccc(OC)cc1C(C)(C)C. The molecule has 0 amide bonds. The van der Waals surface area contributed by atoms with E-state index in [1.807, 2.05) is 18.2 Å². The predicted molar refractivity (Wildman–Crippen MR) is 120 cm³/mol. The molecule has 0 aliphatic heterocycles. The molecule has 0 aliphatic carbocycles. The highest BCUT2D eigenvalue weighted by atomic mass is 16.5. The van der Waals surface area contributed by atoms with Gasteiger partial charge < -0.3 is 18.9 Å². The number of benzene rings is 2. The second kappa shape index (κ2) is 10.9. The fourth-order valence-corrected chi connectivity index (χ4v) is 3.17. The van der Waals surface area contributed by atoms with E-state index in [0.717, 1.165) is 30.4 Å². The van der Waals surface area contributed by atoms with E-state index < -0.39 is 0 Å². The Labute approximate surface area is 180 Å². The molecule has 2 rings (SSSR count). The van der Waals surface area contributed by atoms with Crippen LogP contribution in [0.1, 0.15) is 69.3 Å². The van der Waals surface area contributed by atoms with Crippen LogP contribution in [0.15, 0.2) is 30.3 Å². The van der Waals surface area contributed by atoms with Gasteiger partial charge in [0, 0.05) is 11.1 Å². The summed E-state index contributed by atoms with van der Waals surface area (Å²) in [6.07, 6.45) is 5.17. The maximum absolute atomic E-state index is 11.5. The van der Waals surface area contributed by atoms with Crippen LogP contribution < -0.4 is 18.9 Å². The lowest BCUT2D eigenvalue weighted by molar-refractivity contribution is 0.112. The van der Waals surface area contributed by atoms with E-state index in [1.54, 1.807) is 26.4 Å². The molecule has 0 saturated carbocycles. The third-order valence-electron chi connectivity index (χ3n) is 4.86. The first-order chi connectivity index (χ1) is 14.3. The number of hydrogen-bond donors (Lipinski definition) is 0. The van der Waals surface area contributed by atoms with Crippen LogP contribution in [0.4, 0.5) is 0 Å². The maximum atomic E-state index is 11.5. The summed E-state index contributed by atoms with van der Waals surface area (Å²) in [6, 6.07) is 9.07. The average molecular weight is 415 g/mol. The topological polar surface area (TPSA) is 54.0 Å². The van der Waals surface area contributed by atoms with Gasteiger partial charge in [-0.2, -0.15) is 0 Å². The van der Waals surface area contributed by atoms with E-state index in [-0.39, 0.29) is 5.41 Å². The van der Waals surface area contributed by atoms with Crippen molar-refractivity contribution in [3.8, 4) is 28.7 Å². The number of hydrogen-bond acceptors (Lipinski definition) is 5. The summed E-state index contributed by atoms with van der Waals surface area (Å²) >= 11 is 0. The molecule has 0 spiro atoms. The van der Waals surface area contributed by atoms with E-state index in [9.17, 15) is 4.79 Å². The highest BCUT2D eigenvalue weighted by Gasteiger charge is 2.23. The van der Waals surface area contributed by atoms with Crippen molar-refractivity contribution in [1.29, 1.82) is 0 Å². The van der Waals surface area contributed by atoms with Gasteiger partial charge in [-0.15, -0.1) is 0 Å². The van der Waals surface area contributed by atoms with Crippen molar-refractivity contribution < 1.29 is 23.7 Å². The molecule has 0 bridgehead atoms. The lowest BCUT2D eigenvalue weighted by Gasteiger charge is -2.24. The zero-order valence-corrected chi connectivity index (χ0v) is 19.0. The first kappa shape index (κ1) is 23.6. The molecule has 0 radical (unpaired) electrons. The van der Waals surface area contributed by atoms with Crippen LogP contribution in [0.2, 0.25) is 0 Å². The van der Waals surface area contributed by atoms with Gasteiger partial charge in [0.15, 0.2) is 11.5 Å². The van der Waals surface area contributed by atoms with Crippen LogP contribution >= 0.6 is 0 Å². The van der Waals surface area contributed by atoms with Crippen LogP contribution in [-0.4, -0.2) is 27.1 Å². The van der Waals surface area contributed by atoms with Crippen LogP contribution in [-0.2, 0) is 5.41 Å². The van der Waals surface area contributed by atoms with Gasteiger partial charge in [-0.3, -0.25) is 4.79 Å². The Morgan fingerprint density at radius 1 is 0.900 bits per heavy atom. The van der Waals surface area contributed by atoms with Crippen molar-refractivity contribution >= 4 is 6.29 Å². The van der Waals surface area contributed by atoms with Crippen molar-refractivity contribution in [2.45, 2.75) is 58.8 Å². The van der Waals surface area contributed by atoms with Crippen molar-refractivity contribution in [2.75, 3.05) is 20.8 Å². The quantitative estimate of drug-likeness (QED) is 0.308. The predicted octanol–water partition coefficient (Wildman–Crippen LogP) is 6.57. The third-order valence-corrected chi connectivity index (χ3v) is 4.86. The smallest absolute Gasteiger partial charge is 0.204 e. The Bertz CT molecular complexity index is 836. The Morgan fingerprint density at radius 2 is 1.63 bits per heavy atom. The molecule has 0 heterocycles. The first-order valence-corrected chi connectivity index (χ1v) is 10.5. The summed E-state index contributed by atoms with van der Waals surface area (Å²) in [5.41, 5.74) is 1.29. The van der Waals surface area contributed by atoms with Crippen molar-refractivity contribution in [3.63, 3.8) is 0 Å². The molecule has 0 saturated heterocycles. The molecular formula is C25H34O5. The third kappa shape index (κ3) is 6.15. The lowest BCUT2D eigenvalue weighted by Crippen LogP contribution is -2.13. The molecule has 2 aromatic carbocycles. The fraction of sp³-hybridized carbons (Fsp3) is 0.480. The molecule has 5 nitrogen and oxygen atoms in total. The highest BCUT2D eigenvalue weighted by Crippen LogP contribution is 2.43. The van der Waals surface area contributed by atoms with Crippen LogP contribution in [0, 0.1) is 0 Å². The number of aldehydes is 1. The summed E-state index contributed by atoms with van der Waals surface area (Å²) in [5, 5.41) is 0. The standard InChI is InChI=1S/C25H34O5/c1-7-8-9-10-13-29-24-22(28-6)14-18(17-26)15-23(24)30-21-12-11-19(27-5)16-20(21)25(2,3)4/h11-12,14-17H,7-10,13H2,1-6H3. The minimum Gasteiger partial charge on any atom is -0.497 e. The number of carbonyl (C=O) groups excluding carboxylic acids is 1. The van der Waals surface area contributed by atoms with E-state index in [4.69, 9.17) is 18.9 Å².